The molecular formula is C16H16FNO2S. The molecule has 0 aliphatic heterocycles. The highest BCUT2D eigenvalue weighted by atomic mass is 32.2. The molecule has 2 N–H and O–H groups in total. The number of carbonyl (C=O) groups excluding carboxylic acids is 1. The molecule has 0 spiro atoms. The first kappa shape index (κ1) is 15.5. The monoisotopic (exact) mass is 305 g/mol. The van der Waals surface area contributed by atoms with Crippen LogP contribution in [0.3, 0.4) is 0 Å². The minimum atomic E-state index is -0.288. The molecule has 0 heterocycles. The van der Waals surface area contributed by atoms with E-state index in [1.165, 1.54) is 23.9 Å². The maximum Gasteiger partial charge on any atom is 0.230 e. The lowest BCUT2D eigenvalue weighted by Crippen LogP contribution is -2.25. The van der Waals surface area contributed by atoms with Gasteiger partial charge in [0.15, 0.2) is 0 Å². The van der Waals surface area contributed by atoms with Crippen molar-refractivity contribution < 1.29 is 14.3 Å². The lowest BCUT2D eigenvalue weighted by molar-refractivity contribution is -0.118. The van der Waals surface area contributed by atoms with Crippen LogP contribution in [-0.4, -0.2) is 16.8 Å². The predicted molar refractivity (Wildman–Crippen MR) is 81.3 cm³/mol. The molecule has 0 aliphatic rings. The van der Waals surface area contributed by atoms with Crippen molar-refractivity contribution in [3.8, 4) is 0 Å². The van der Waals surface area contributed by atoms with Crippen LogP contribution < -0.4 is 5.32 Å². The van der Waals surface area contributed by atoms with Gasteiger partial charge in [-0.15, -0.1) is 11.8 Å². The molecular weight excluding hydrogens is 289 g/mol. The van der Waals surface area contributed by atoms with Gasteiger partial charge >= 0.3 is 0 Å². The highest BCUT2D eigenvalue weighted by molar-refractivity contribution is 8.00. The van der Waals surface area contributed by atoms with Crippen molar-refractivity contribution in [3.63, 3.8) is 0 Å². The number of benzene rings is 2. The predicted octanol–water partition coefficient (Wildman–Crippen LogP) is 2.73. The summed E-state index contributed by atoms with van der Waals surface area (Å²) in [5, 5.41) is 12.0. The second kappa shape index (κ2) is 7.81. The average molecular weight is 305 g/mol. The van der Waals surface area contributed by atoms with Crippen molar-refractivity contribution in [3.05, 3.63) is 65.5 Å². The van der Waals surface area contributed by atoms with Gasteiger partial charge in [-0.1, -0.05) is 24.3 Å². The topological polar surface area (TPSA) is 49.3 Å². The lowest BCUT2D eigenvalue weighted by atomic mass is 10.1. The molecule has 3 nitrogen and oxygen atoms in total. The summed E-state index contributed by atoms with van der Waals surface area (Å²) < 4.78 is 12.8. The van der Waals surface area contributed by atoms with E-state index in [0.717, 1.165) is 16.0 Å². The van der Waals surface area contributed by atoms with Crippen LogP contribution in [0.25, 0.3) is 0 Å². The van der Waals surface area contributed by atoms with Gasteiger partial charge in [-0.25, -0.2) is 4.39 Å². The van der Waals surface area contributed by atoms with Crippen molar-refractivity contribution in [2.75, 3.05) is 5.75 Å². The smallest absolute Gasteiger partial charge is 0.230 e. The second-order valence-electron chi connectivity index (χ2n) is 4.45. The number of hydrogen-bond donors (Lipinski definition) is 2. The van der Waals surface area contributed by atoms with Gasteiger partial charge in [-0.2, -0.15) is 0 Å². The molecule has 0 saturated heterocycles. The highest BCUT2D eigenvalue weighted by Crippen LogP contribution is 2.17. The van der Waals surface area contributed by atoms with E-state index in [2.05, 4.69) is 5.32 Å². The zero-order chi connectivity index (χ0) is 15.1. The van der Waals surface area contributed by atoms with Gasteiger partial charge in [-0.05, 0) is 35.4 Å². The van der Waals surface area contributed by atoms with Crippen LogP contribution in [0, 0.1) is 5.82 Å². The Hall–Kier alpha value is -1.85. The Morgan fingerprint density at radius 3 is 2.43 bits per heavy atom. The molecule has 0 radical (unpaired) electrons. The van der Waals surface area contributed by atoms with Gasteiger partial charge in [0.05, 0.1) is 12.4 Å². The third-order valence-corrected chi connectivity index (χ3v) is 3.96. The van der Waals surface area contributed by atoms with Crippen molar-refractivity contribution in [1.29, 1.82) is 0 Å². The molecule has 0 fully saturated rings. The Labute approximate surface area is 127 Å². The first-order valence-electron chi connectivity index (χ1n) is 6.52. The largest absolute Gasteiger partial charge is 0.392 e. The van der Waals surface area contributed by atoms with E-state index in [-0.39, 0.29) is 24.1 Å². The average Bonchev–Trinajstić information content (AvgIpc) is 2.52. The maximum atomic E-state index is 12.8. The third kappa shape index (κ3) is 4.88. The van der Waals surface area contributed by atoms with E-state index in [1.54, 1.807) is 12.1 Å². The standard InChI is InChI=1S/C16H16FNO2S/c17-14-5-7-15(8-6-14)21-11-16(20)18-9-12-3-1-2-4-13(12)10-19/h1-8,19H,9-11H2,(H,18,20). The Balaban J connectivity index is 1.81. The fraction of sp³-hybridized carbons (Fsp3) is 0.188. The summed E-state index contributed by atoms with van der Waals surface area (Å²) in [7, 11) is 0. The molecule has 110 valence electrons. The first-order valence-corrected chi connectivity index (χ1v) is 7.50. The van der Waals surface area contributed by atoms with Gasteiger partial charge in [0.25, 0.3) is 0 Å². The van der Waals surface area contributed by atoms with Gasteiger partial charge < -0.3 is 10.4 Å². The van der Waals surface area contributed by atoms with Crippen LogP contribution in [0.4, 0.5) is 4.39 Å². The molecule has 5 heteroatoms. The number of carbonyl (C=O) groups is 1. The van der Waals surface area contributed by atoms with E-state index in [9.17, 15) is 14.3 Å². The Kier molecular flexibility index (Phi) is 5.78. The summed E-state index contributed by atoms with van der Waals surface area (Å²) in [6.07, 6.45) is 0. The number of thioether (sulfide) groups is 1. The summed E-state index contributed by atoms with van der Waals surface area (Å²) in [6.45, 7) is 0.343. The number of halogens is 1. The second-order valence-corrected chi connectivity index (χ2v) is 5.49. The van der Waals surface area contributed by atoms with E-state index in [1.807, 2.05) is 24.3 Å². The maximum absolute atomic E-state index is 12.8. The van der Waals surface area contributed by atoms with Crippen molar-refractivity contribution in [1.82, 2.24) is 5.32 Å². The summed E-state index contributed by atoms with van der Waals surface area (Å²) in [4.78, 5) is 12.6. The molecule has 0 atom stereocenters. The van der Waals surface area contributed by atoms with Crippen LogP contribution in [0.15, 0.2) is 53.4 Å². The van der Waals surface area contributed by atoms with E-state index >= 15 is 0 Å². The molecule has 1 amide bonds. The zero-order valence-corrected chi connectivity index (χ0v) is 12.2. The molecule has 0 aliphatic carbocycles. The first-order chi connectivity index (χ1) is 10.2. The molecule has 0 aromatic heterocycles. The number of nitrogens with one attached hydrogen (secondary N) is 1. The molecule has 2 aromatic rings. The molecule has 0 saturated carbocycles. The molecule has 0 unspecified atom stereocenters. The number of aliphatic hydroxyl groups is 1. The van der Waals surface area contributed by atoms with E-state index in [0.29, 0.717) is 6.54 Å². The third-order valence-electron chi connectivity index (χ3n) is 2.95. The Morgan fingerprint density at radius 1 is 1.10 bits per heavy atom. The van der Waals surface area contributed by atoms with Gasteiger partial charge in [-0.3, -0.25) is 4.79 Å². The molecule has 0 bridgehead atoms. The van der Waals surface area contributed by atoms with Crippen LogP contribution in [0.2, 0.25) is 0 Å². The zero-order valence-electron chi connectivity index (χ0n) is 11.4. The Bertz CT molecular complexity index is 601. The SMILES string of the molecule is O=C(CSc1ccc(F)cc1)NCc1ccccc1CO. The van der Waals surface area contributed by atoms with E-state index < -0.39 is 0 Å². The van der Waals surface area contributed by atoms with Crippen LogP contribution >= 0.6 is 11.8 Å². The molecule has 2 aromatic carbocycles. The van der Waals surface area contributed by atoms with Gasteiger partial charge in [0, 0.05) is 11.4 Å². The van der Waals surface area contributed by atoms with Crippen LogP contribution in [-0.2, 0) is 17.9 Å². The fourth-order valence-corrected chi connectivity index (χ4v) is 2.54. The highest BCUT2D eigenvalue weighted by Gasteiger charge is 2.05. The number of amides is 1. The van der Waals surface area contributed by atoms with Crippen molar-refractivity contribution in [2.45, 2.75) is 18.0 Å². The summed E-state index contributed by atoms with van der Waals surface area (Å²) in [5.41, 5.74) is 1.71. The van der Waals surface area contributed by atoms with Crippen LogP contribution in [0.1, 0.15) is 11.1 Å². The molecule has 21 heavy (non-hydrogen) atoms. The normalized spacial score (nSPS) is 10.4. The van der Waals surface area contributed by atoms with Gasteiger partial charge in [0.2, 0.25) is 5.91 Å². The lowest BCUT2D eigenvalue weighted by Gasteiger charge is -2.09. The number of aliphatic hydroxyl groups excluding tert-OH is 1. The molecule has 2 rings (SSSR count). The van der Waals surface area contributed by atoms with Crippen molar-refractivity contribution in [2.24, 2.45) is 0 Å². The number of hydrogen-bond acceptors (Lipinski definition) is 3. The van der Waals surface area contributed by atoms with Crippen LogP contribution in [0.5, 0.6) is 0 Å². The minimum absolute atomic E-state index is 0.0453. The Morgan fingerprint density at radius 2 is 1.76 bits per heavy atom. The quantitative estimate of drug-likeness (QED) is 0.807. The summed E-state index contributed by atoms with van der Waals surface area (Å²) >= 11 is 1.35. The summed E-state index contributed by atoms with van der Waals surface area (Å²) in [5.74, 6) is -0.117. The van der Waals surface area contributed by atoms with E-state index in [4.69, 9.17) is 0 Å². The van der Waals surface area contributed by atoms with Crippen molar-refractivity contribution >= 4 is 17.7 Å². The summed E-state index contributed by atoms with van der Waals surface area (Å²) in [6, 6.07) is 13.5. The minimum Gasteiger partial charge on any atom is -0.392 e. The number of rotatable bonds is 6. The fourth-order valence-electron chi connectivity index (χ4n) is 1.81. The van der Waals surface area contributed by atoms with Gasteiger partial charge in [0.1, 0.15) is 5.82 Å².